The highest BCUT2D eigenvalue weighted by Crippen LogP contribution is 2.33. The quantitative estimate of drug-likeness (QED) is 0.903. The summed E-state index contributed by atoms with van der Waals surface area (Å²) in [6.07, 6.45) is 0.616. The average Bonchev–Trinajstić information content (AvgIpc) is 2.45. The lowest BCUT2D eigenvalue weighted by Gasteiger charge is -2.21. The van der Waals surface area contributed by atoms with Crippen molar-refractivity contribution in [2.45, 2.75) is 36.5 Å². The van der Waals surface area contributed by atoms with Crippen molar-refractivity contribution in [3.05, 3.63) is 18.2 Å². The Labute approximate surface area is 113 Å². The largest absolute Gasteiger partial charge is 0.486 e. The fourth-order valence-corrected chi connectivity index (χ4v) is 3.59. The summed E-state index contributed by atoms with van der Waals surface area (Å²) in [5.41, 5.74) is 5.84. The van der Waals surface area contributed by atoms with Gasteiger partial charge in [-0.1, -0.05) is 6.92 Å². The van der Waals surface area contributed by atoms with Gasteiger partial charge in [0.25, 0.3) is 0 Å². The zero-order valence-corrected chi connectivity index (χ0v) is 11.9. The smallest absolute Gasteiger partial charge is 0.182 e. The molecule has 0 amide bonds. The first kappa shape index (κ1) is 14.1. The van der Waals surface area contributed by atoms with Crippen molar-refractivity contribution in [1.82, 2.24) is 0 Å². The lowest BCUT2D eigenvalue weighted by molar-refractivity contribution is 0.171. The third-order valence-corrected chi connectivity index (χ3v) is 5.65. The number of hydrogen-bond donors (Lipinski definition) is 1. The topological polar surface area (TPSA) is 78.6 Å². The maximum absolute atomic E-state index is 12.4. The van der Waals surface area contributed by atoms with Gasteiger partial charge >= 0.3 is 0 Å². The number of fused-ring (bicyclic) bond motifs is 1. The van der Waals surface area contributed by atoms with Crippen molar-refractivity contribution in [2.24, 2.45) is 5.73 Å². The molecule has 5 nitrogen and oxygen atoms in total. The van der Waals surface area contributed by atoms with Gasteiger partial charge in [0.2, 0.25) is 0 Å². The Morgan fingerprint density at radius 3 is 2.53 bits per heavy atom. The minimum atomic E-state index is -3.44. The lowest BCUT2D eigenvalue weighted by atomic mass is 10.2. The van der Waals surface area contributed by atoms with Gasteiger partial charge in [-0.05, 0) is 25.5 Å². The van der Waals surface area contributed by atoms with E-state index in [9.17, 15) is 8.42 Å². The summed E-state index contributed by atoms with van der Waals surface area (Å²) >= 11 is 0. The third kappa shape index (κ3) is 2.69. The highest BCUT2D eigenvalue weighted by Gasteiger charge is 2.29. The fraction of sp³-hybridized carbons (Fsp3) is 0.538. The SMILES string of the molecule is CCC(N)C(C)S(=O)(=O)c1ccc2c(c1)OCCO2. The fourth-order valence-electron chi connectivity index (χ4n) is 1.98. The van der Waals surface area contributed by atoms with Gasteiger partial charge in [-0.15, -0.1) is 0 Å². The molecule has 1 heterocycles. The first-order chi connectivity index (χ1) is 8.96. The molecule has 1 aliphatic heterocycles. The van der Waals surface area contributed by atoms with Crippen LogP contribution < -0.4 is 15.2 Å². The molecule has 0 aliphatic carbocycles. The Hall–Kier alpha value is -1.27. The van der Waals surface area contributed by atoms with E-state index in [-0.39, 0.29) is 10.9 Å². The molecule has 0 fully saturated rings. The van der Waals surface area contributed by atoms with Gasteiger partial charge in [-0.3, -0.25) is 0 Å². The van der Waals surface area contributed by atoms with Crippen LogP contribution in [-0.2, 0) is 9.84 Å². The molecule has 0 saturated heterocycles. The van der Waals surface area contributed by atoms with Gasteiger partial charge in [-0.25, -0.2) is 8.42 Å². The van der Waals surface area contributed by atoms with Crippen LogP contribution in [0.2, 0.25) is 0 Å². The summed E-state index contributed by atoms with van der Waals surface area (Å²) in [4.78, 5) is 0.230. The minimum Gasteiger partial charge on any atom is -0.486 e. The van der Waals surface area contributed by atoms with Gasteiger partial charge in [0.15, 0.2) is 21.3 Å². The van der Waals surface area contributed by atoms with Crippen molar-refractivity contribution >= 4 is 9.84 Å². The van der Waals surface area contributed by atoms with E-state index in [1.54, 1.807) is 19.1 Å². The highest BCUT2D eigenvalue weighted by molar-refractivity contribution is 7.92. The third-order valence-electron chi connectivity index (χ3n) is 3.41. The van der Waals surface area contributed by atoms with Gasteiger partial charge < -0.3 is 15.2 Å². The second-order valence-corrected chi connectivity index (χ2v) is 6.93. The zero-order valence-electron chi connectivity index (χ0n) is 11.1. The highest BCUT2D eigenvalue weighted by atomic mass is 32.2. The van der Waals surface area contributed by atoms with Crippen LogP contribution in [0.3, 0.4) is 0 Å². The molecule has 0 aromatic heterocycles. The van der Waals surface area contributed by atoms with Gasteiger partial charge in [0.05, 0.1) is 10.1 Å². The summed E-state index contributed by atoms with van der Waals surface area (Å²) in [5, 5.41) is -0.625. The summed E-state index contributed by atoms with van der Waals surface area (Å²) in [6.45, 7) is 4.43. The molecule has 1 aliphatic rings. The molecule has 1 aromatic rings. The van der Waals surface area contributed by atoms with Crippen LogP contribution in [0.25, 0.3) is 0 Å². The summed E-state index contributed by atoms with van der Waals surface area (Å²) < 4.78 is 35.7. The number of sulfone groups is 1. The predicted molar refractivity (Wildman–Crippen MR) is 72.3 cm³/mol. The number of hydrogen-bond acceptors (Lipinski definition) is 5. The molecular formula is C13H19NO4S. The molecule has 1 aromatic carbocycles. The molecule has 0 spiro atoms. The maximum Gasteiger partial charge on any atom is 0.182 e. The number of rotatable bonds is 4. The van der Waals surface area contributed by atoms with Crippen molar-refractivity contribution in [3.63, 3.8) is 0 Å². The van der Waals surface area contributed by atoms with Gasteiger partial charge in [0, 0.05) is 12.1 Å². The van der Waals surface area contributed by atoms with Crippen LogP contribution in [-0.4, -0.2) is 32.9 Å². The Morgan fingerprint density at radius 2 is 1.89 bits per heavy atom. The Balaban J connectivity index is 2.36. The molecule has 2 atom stereocenters. The summed E-state index contributed by atoms with van der Waals surface area (Å²) in [6, 6.07) is 4.31. The first-order valence-corrected chi connectivity index (χ1v) is 7.90. The van der Waals surface area contributed by atoms with E-state index in [0.29, 0.717) is 31.1 Å². The molecule has 2 rings (SSSR count). The van der Waals surface area contributed by atoms with E-state index >= 15 is 0 Å². The van der Waals surface area contributed by atoms with Crippen LogP contribution in [0.15, 0.2) is 23.1 Å². The van der Waals surface area contributed by atoms with Crippen molar-refractivity contribution < 1.29 is 17.9 Å². The van der Waals surface area contributed by atoms with Gasteiger partial charge in [-0.2, -0.15) is 0 Å². The second kappa shape index (κ2) is 5.38. The Kier molecular flexibility index (Phi) is 4.01. The molecule has 2 N–H and O–H groups in total. The second-order valence-electron chi connectivity index (χ2n) is 4.63. The molecule has 6 heteroatoms. The molecule has 2 unspecified atom stereocenters. The molecule has 0 saturated carbocycles. The van der Waals surface area contributed by atoms with Crippen LogP contribution >= 0.6 is 0 Å². The van der Waals surface area contributed by atoms with E-state index < -0.39 is 15.1 Å². The molecular weight excluding hydrogens is 266 g/mol. The normalized spacial score (nSPS) is 17.8. The molecule has 0 bridgehead atoms. The van der Waals surface area contributed by atoms with Crippen LogP contribution in [0.5, 0.6) is 11.5 Å². The maximum atomic E-state index is 12.4. The number of benzene rings is 1. The van der Waals surface area contributed by atoms with Crippen LogP contribution in [0.4, 0.5) is 0 Å². The minimum absolute atomic E-state index is 0.230. The van der Waals surface area contributed by atoms with Gasteiger partial charge in [0.1, 0.15) is 13.2 Å². The van der Waals surface area contributed by atoms with E-state index in [4.69, 9.17) is 15.2 Å². The predicted octanol–water partition coefficient (Wildman–Crippen LogP) is 1.36. The molecule has 0 radical (unpaired) electrons. The van der Waals surface area contributed by atoms with E-state index in [1.807, 2.05) is 6.92 Å². The Bertz CT molecular complexity index is 556. The summed E-state index contributed by atoms with van der Waals surface area (Å²) in [5.74, 6) is 1.06. The number of ether oxygens (including phenoxy) is 2. The van der Waals surface area contributed by atoms with Crippen molar-refractivity contribution in [1.29, 1.82) is 0 Å². The zero-order chi connectivity index (χ0) is 14.0. The van der Waals surface area contributed by atoms with E-state index in [0.717, 1.165) is 0 Å². The van der Waals surface area contributed by atoms with Crippen molar-refractivity contribution in [3.8, 4) is 11.5 Å². The summed E-state index contributed by atoms with van der Waals surface area (Å²) in [7, 11) is -3.44. The van der Waals surface area contributed by atoms with E-state index in [1.165, 1.54) is 6.07 Å². The average molecular weight is 285 g/mol. The first-order valence-electron chi connectivity index (χ1n) is 6.36. The lowest BCUT2D eigenvalue weighted by Crippen LogP contribution is -2.37. The van der Waals surface area contributed by atoms with Crippen molar-refractivity contribution in [2.75, 3.05) is 13.2 Å². The molecule has 19 heavy (non-hydrogen) atoms. The molecule has 106 valence electrons. The monoisotopic (exact) mass is 285 g/mol. The Morgan fingerprint density at radius 1 is 1.26 bits per heavy atom. The van der Waals surface area contributed by atoms with E-state index in [2.05, 4.69) is 0 Å². The van der Waals surface area contributed by atoms with Crippen LogP contribution in [0, 0.1) is 0 Å². The standard InChI is InChI=1S/C13H19NO4S/c1-3-11(14)9(2)19(15,16)10-4-5-12-13(8-10)18-7-6-17-12/h4-5,8-9,11H,3,6-7,14H2,1-2H3. The van der Waals surface area contributed by atoms with Crippen LogP contribution in [0.1, 0.15) is 20.3 Å². The number of nitrogens with two attached hydrogens (primary N) is 1.